The number of carbonyl (C=O) groups excluding carboxylic acids is 2. The minimum Gasteiger partial charge on any atom is -0.461 e. The first-order valence-electron chi connectivity index (χ1n) is 7.34. The van der Waals surface area contributed by atoms with E-state index in [4.69, 9.17) is 4.74 Å². The molecule has 0 unspecified atom stereocenters. The van der Waals surface area contributed by atoms with Crippen molar-refractivity contribution < 1.29 is 14.3 Å². The van der Waals surface area contributed by atoms with Gasteiger partial charge in [-0.15, -0.1) is 0 Å². The average Bonchev–Trinajstić information content (AvgIpc) is 2.40. The first-order valence-corrected chi connectivity index (χ1v) is 7.34. The van der Waals surface area contributed by atoms with Crippen LogP contribution in [0.1, 0.15) is 46.5 Å². The Bertz CT molecular complexity index is 471. The van der Waals surface area contributed by atoms with Gasteiger partial charge in [0.15, 0.2) is 5.78 Å². The number of Topliss-reactive ketones (excluding diaryl/α,β-unsaturated/α-hetero) is 1. The first kappa shape index (κ1) is 15.0. The Morgan fingerprint density at radius 3 is 2.75 bits per heavy atom. The number of ketones is 1. The molecule has 0 aromatic heterocycles. The zero-order chi connectivity index (χ0) is 14.9. The maximum atomic E-state index is 12.2. The van der Waals surface area contributed by atoms with Gasteiger partial charge in [0.1, 0.15) is 6.61 Å². The highest BCUT2D eigenvalue weighted by Crippen LogP contribution is 2.56. The minimum atomic E-state index is -0.343. The largest absolute Gasteiger partial charge is 0.461 e. The van der Waals surface area contributed by atoms with Crippen molar-refractivity contribution in [3.05, 3.63) is 23.8 Å². The molecule has 0 aromatic carbocycles. The molecule has 2 aliphatic carbocycles. The molecule has 2 aliphatic rings. The second kappa shape index (κ2) is 5.55. The van der Waals surface area contributed by atoms with E-state index >= 15 is 0 Å². The molecule has 0 aromatic rings. The quantitative estimate of drug-likeness (QED) is 0.573. The number of hydrogen-bond donors (Lipinski definition) is 0. The van der Waals surface area contributed by atoms with E-state index in [9.17, 15) is 9.59 Å². The Morgan fingerprint density at radius 1 is 1.45 bits per heavy atom. The maximum Gasteiger partial charge on any atom is 0.302 e. The Labute approximate surface area is 121 Å². The lowest BCUT2D eigenvalue weighted by atomic mass is 9.52. The van der Waals surface area contributed by atoms with Gasteiger partial charge in [0.25, 0.3) is 0 Å². The summed E-state index contributed by atoms with van der Waals surface area (Å²) in [7, 11) is 0. The van der Waals surface area contributed by atoms with Gasteiger partial charge in [0.2, 0.25) is 0 Å². The maximum absolute atomic E-state index is 12.2. The van der Waals surface area contributed by atoms with Crippen molar-refractivity contribution in [3.8, 4) is 0 Å². The highest BCUT2D eigenvalue weighted by Gasteiger charge is 2.47. The summed E-state index contributed by atoms with van der Waals surface area (Å²) in [5.41, 5.74) is 2.17. The van der Waals surface area contributed by atoms with Crippen molar-refractivity contribution in [1.82, 2.24) is 0 Å². The molecule has 1 saturated carbocycles. The summed E-state index contributed by atoms with van der Waals surface area (Å²) < 4.78 is 5.00. The Balaban J connectivity index is 2.15. The zero-order valence-electron chi connectivity index (χ0n) is 12.7. The Kier molecular flexibility index (Phi) is 4.17. The molecule has 2 atom stereocenters. The predicted molar refractivity (Wildman–Crippen MR) is 78.1 cm³/mol. The zero-order valence-corrected chi connectivity index (χ0v) is 12.7. The van der Waals surface area contributed by atoms with Crippen LogP contribution in [-0.2, 0) is 14.3 Å². The van der Waals surface area contributed by atoms with Crippen molar-refractivity contribution in [2.75, 3.05) is 6.61 Å². The second-order valence-electron chi connectivity index (χ2n) is 6.73. The average molecular weight is 276 g/mol. The number of ether oxygens (including phenoxy) is 1. The Morgan fingerprint density at radius 2 is 2.15 bits per heavy atom. The van der Waals surface area contributed by atoms with Crippen LogP contribution in [0, 0.1) is 17.3 Å². The fraction of sp³-hybridized carbons (Fsp3) is 0.647. The number of carbonyl (C=O) groups is 2. The van der Waals surface area contributed by atoms with Crippen LogP contribution in [0.2, 0.25) is 0 Å². The van der Waals surface area contributed by atoms with E-state index in [1.165, 1.54) is 12.5 Å². The molecule has 0 spiro atoms. The van der Waals surface area contributed by atoms with E-state index in [1.807, 2.05) is 6.08 Å². The van der Waals surface area contributed by atoms with E-state index in [0.717, 1.165) is 19.3 Å². The molecule has 110 valence electrons. The van der Waals surface area contributed by atoms with Crippen molar-refractivity contribution in [2.45, 2.75) is 46.5 Å². The number of rotatable bonds is 2. The van der Waals surface area contributed by atoms with Gasteiger partial charge in [-0.1, -0.05) is 32.1 Å². The molecule has 0 aliphatic heterocycles. The summed E-state index contributed by atoms with van der Waals surface area (Å²) in [5, 5.41) is 0. The van der Waals surface area contributed by atoms with Gasteiger partial charge < -0.3 is 4.74 Å². The Hall–Kier alpha value is -1.38. The van der Waals surface area contributed by atoms with Gasteiger partial charge in [0.05, 0.1) is 0 Å². The minimum absolute atomic E-state index is 0.0894. The summed E-state index contributed by atoms with van der Waals surface area (Å²) in [4.78, 5) is 23.1. The van der Waals surface area contributed by atoms with Crippen molar-refractivity contribution in [1.29, 1.82) is 0 Å². The summed E-state index contributed by atoms with van der Waals surface area (Å²) in [6.45, 7) is 10.2. The normalized spacial score (nSPS) is 31.9. The van der Waals surface area contributed by atoms with Gasteiger partial charge in [0, 0.05) is 18.9 Å². The number of esters is 1. The smallest absolute Gasteiger partial charge is 0.302 e. The van der Waals surface area contributed by atoms with Crippen molar-refractivity contribution >= 4 is 11.8 Å². The molecule has 0 bridgehead atoms. The van der Waals surface area contributed by atoms with E-state index < -0.39 is 0 Å². The van der Waals surface area contributed by atoms with E-state index in [0.29, 0.717) is 29.2 Å². The molecule has 2 rings (SSSR count). The summed E-state index contributed by atoms with van der Waals surface area (Å²) in [5.74, 6) is 0.840. The second-order valence-corrected chi connectivity index (χ2v) is 6.73. The van der Waals surface area contributed by atoms with Crippen LogP contribution in [0.4, 0.5) is 0 Å². The molecule has 3 nitrogen and oxygen atoms in total. The van der Waals surface area contributed by atoms with Crippen molar-refractivity contribution in [2.24, 2.45) is 17.3 Å². The molecule has 0 radical (unpaired) electrons. The van der Waals surface area contributed by atoms with Crippen LogP contribution in [0.25, 0.3) is 0 Å². The highest BCUT2D eigenvalue weighted by molar-refractivity contribution is 5.96. The van der Waals surface area contributed by atoms with Crippen LogP contribution in [0.15, 0.2) is 23.8 Å². The highest BCUT2D eigenvalue weighted by atomic mass is 16.5. The fourth-order valence-electron chi connectivity index (χ4n) is 3.48. The van der Waals surface area contributed by atoms with E-state index in [-0.39, 0.29) is 18.4 Å². The molecular weight excluding hydrogens is 252 g/mol. The van der Waals surface area contributed by atoms with Crippen LogP contribution in [0.5, 0.6) is 0 Å². The van der Waals surface area contributed by atoms with Crippen molar-refractivity contribution in [3.63, 3.8) is 0 Å². The molecule has 0 saturated heterocycles. The van der Waals surface area contributed by atoms with E-state index in [1.54, 1.807) is 0 Å². The topological polar surface area (TPSA) is 43.4 Å². The molecule has 20 heavy (non-hydrogen) atoms. The monoisotopic (exact) mass is 276 g/mol. The lowest BCUT2D eigenvalue weighted by molar-refractivity contribution is -0.140. The predicted octanol–water partition coefficient (Wildman–Crippen LogP) is 3.45. The summed E-state index contributed by atoms with van der Waals surface area (Å²) in [6.07, 6.45) is 5.27. The van der Waals surface area contributed by atoms with Gasteiger partial charge >= 0.3 is 5.97 Å². The summed E-state index contributed by atoms with van der Waals surface area (Å²) in [6, 6.07) is 0. The summed E-state index contributed by atoms with van der Waals surface area (Å²) >= 11 is 0. The third kappa shape index (κ3) is 3.02. The van der Waals surface area contributed by atoms with Crippen LogP contribution in [0.3, 0.4) is 0 Å². The van der Waals surface area contributed by atoms with Gasteiger partial charge in [-0.3, -0.25) is 9.59 Å². The molecule has 0 heterocycles. The van der Waals surface area contributed by atoms with Crippen LogP contribution >= 0.6 is 0 Å². The van der Waals surface area contributed by atoms with Gasteiger partial charge in [-0.25, -0.2) is 0 Å². The molecule has 3 heteroatoms. The molecule has 1 fully saturated rings. The number of allylic oxidation sites excluding steroid dienone is 2. The van der Waals surface area contributed by atoms with Gasteiger partial charge in [-0.05, 0) is 36.5 Å². The lowest BCUT2D eigenvalue weighted by Crippen LogP contribution is -2.44. The number of fused-ring (bicyclic) bond motifs is 1. The third-order valence-electron chi connectivity index (χ3n) is 4.84. The SMILES string of the molecule is C=C1CCC(=O)/C(COC(C)=O)=C/C[C@H]2[C@H]1CC2(C)C. The third-order valence-corrected chi connectivity index (χ3v) is 4.84. The van der Waals surface area contributed by atoms with Gasteiger partial charge in [-0.2, -0.15) is 0 Å². The molecule has 0 amide bonds. The first-order chi connectivity index (χ1) is 9.31. The standard InChI is InChI=1S/C17H24O3/c1-11-5-8-16(19)13(10-20-12(2)18)6-7-15-14(11)9-17(15,3)4/h6,14-15H,1,5,7-10H2,2-4H3/b13-6+/t14-,15-/m0/s1. The van der Waals surface area contributed by atoms with Crippen LogP contribution < -0.4 is 0 Å². The lowest BCUT2D eigenvalue weighted by Gasteiger charge is -2.52. The molecular formula is C17H24O3. The van der Waals surface area contributed by atoms with E-state index in [2.05, 4.69) is 20.4 Å². The van der Waals surface area contributed by atoms with Crippen LogP contribution in [-0.4, -0.2) is 18.4 Å². The number of hydrogen-bond acceptors (Lipinski definition) is 3. The molecule has 0 N–H and O–H groups in total. The fourth-order valence-corrected chi connectivity index (χ4v) is 3.48.